The third-order valence-corrected chi connectivity index (χ3v) is 8.32. The first-order valence-electron chi connectivity index (χ1n) is 13.9. The summed E-state index contributed by atoms with van der Waals surface area (Å²) in [6.07, 6.45) is 9.73. The van der Waals surface area contributed by atoms with Gasteiger partial charge in [-0.25, -0.2) is 17.7 Å². The lowest BCUT2D eigenvalue weighted by Crippen LogP contribution is -2.34. The van der Waals surface area contributed by atoms with E-state index in [9.17, 15) is 13.2 Å². The number of unbranched alkanes of at least 4 members (excludes halogenated alkanes) is 4. The van der Waals surface area contributed by atoms with Crippen LogP contribution in [0.1, 0.15) is 61.4 Å². The van der Waals surface area contributed by atoms with Crippen LogP contribution in [-0.4, -0.2) is 50.7 Å². The van der Waals surface area contributed by atoms with Crippen LogP contribution in [0.3, 0.4) is 0 Å². The first kappa shape index (κ1) is 32.7. The lowest BCUT2D eigenvalue weighted by molar-refractivity contribution is 0.101. The number of nitrogens with two attached hydrogens (primary N) is 1. The van der Waals surface area contributed by atoms with Crippen molar-refractivity contribution in [3.8, 4) is 17.1 Å². The van der Waals surface area contributed by atoms with Crippen molar-refractivity contribution in [3.63, 3.8) is 0 Å². The summed E-state index contributed by atoms with van der Waals surface area (Å²) in [6.45, 7) is 8.84. The van der Waals surface area contributed by atoms with Gasteiger partial charge in [0.05, 0.1) is 10.6 Å². The topological polar surface area (TPSA) is 125 Å². The highest BCUT2D eigenvalue weighted by Gasteiger charge is 2.29. The Morgan fingerprint density at radius 3 is 2.52 bits per heavy atom. The highest BCUT2D eigenvalue weighted by molar-refractivity contribution is 7.92. The zero-order valence-electron chi connectivity index (χ0n) is 24.4. The van der Waals surface area contributed by atoms with E-state index >= 15 is 0 Å². The molecule has 0 aliphatic carbocycles. The third kappa shape index (κ3) is 8.82. The Morgan fingerprint density at radius 2 is 1.81 bits per heavy atom. The highest BCUT2D eigenvalue weighted by atomic mass is 32.2. The van der Waals surface area contributed by atoms with Gasteiger partial charge in [0.2, 0.25) is 11.8 Å². The van der Waals surface area contributed by atoms with Gasteiger partial charge in [0.25, 0.3) is 10.0 Å². The maximum Gasteiger partial charge on any atom is 0.268 e. The number of aromatic nitrogens is 2. The number of sulfonamides is 1. The summed E-state index contributed by atoms with van der Waals surface area (Å²) >= 11 is 0. The summed E-state index contributed by atoms with van der Waals surface area (Å²) in [6, 6.07) is 14.7. The van der Waals surface area contributed by atoms with Gasteiger partial charge >= 0.3 is 0 Å². The van der Waals surface area contributed by atoms with Crippen LogP contribution in [0, 0.1) is 0 Å². The summed E-state index contributed by atoms with van der Waals surface area (Å²) in [5.74, 6) is -0.232. The molecule has 0 bridgehead atoms. The molecule has 0 unspecified atom stereocenters. The van der Waals surface area contributed by atoms with Gasteiger partial charge in [0.15, 0.2) is 5.78 Å². The molecule has 10 heteroatoms. The van der Waals surface area contributed by atoms with Gasteiger partial charge in [-0.1, -0.05) is 74.4 Å². The molecule has 1 heterocycles. The van der Waals surface area contributed by atoms with E-state index in [1.807, 2.05) is 30.3 Å². The Balaban J connectivity index is 1.97. The normalized spacial score (nSPS) is 12.0. The summed E-state index contributed by atoms with van der Waals surface area (Å²) in [7, 11) is -2.86. The molecule has 3 aromatic rings. The third-order valence-electron chi connectivity index (χ3n) is 6.62. The van der Waals surface area contributed by atoms with Crippen LogP contribution in [0.25, 0.3) is 17.3 Å². The predicted molar refractivity (Wildman–Crippen MR) is 167 cm³/mol. The molecule has 0 radical (unpaired) electrons. The first-order valence-corrected chi connectivity index (χ1v) is 15.4. The molecule has 2 N–H and O–H groups in total. The number of Topliss-reactive ketones (excluding diaryl/α,β-unsaturated/α-hetero) is 1. The monoisotopic (exact) mass is 592 g/mol. The fourth-order valence-electron chi connectivity index (χ4n) is 4.32. The van der Waals surface area contributed by atoms with Gasteiger partial charge in [0.1, 0.15) is 13.3 Å². The van der Waals surface area contributed by atoms with Gasteiger partial charge in [-0.2, -0.15) is 4.98 Å². The van der Waals surface area contributed by atoms with Crippen molar-refractivity contribution in [2.75, 3.05) is 24.8 Å². The number of carbonyl (C=O) groups is 1. The number of methoxy groups -OCH3 is 1. The van der Waals surface area contributed by atoms with E-state index in [2.05, 4.69) is 23.1 Å². The van der Waals surface area contributed by atoms with E-state index in [-0.39, 0.29) is 47.5 Å². The van der Waals surface area contributed by atoms with Gasteiger partial charge in [-0.3, -0.25) is 4.79 Å². The van der Waals surface area contributed by atoms with Crippen LogP contribution in [0.5, 0.6) is 5.88 Å². The van der Waals surface area contributed by atoms with Gasteiger partial charge in [0, 0.05) is 30.3 Å². The first-order chi connectivity index (χ1) is 20.2. The number of allylic oxidation sites excluding steroid dienone is 1. The average molecular weight is 593 g/mol. The highest BCUT2D eigenvalue weighted by Crippen LogP contribution is 2.30. The standard InChI is InChI=1S/C32H40N4O5S/c1-5-7-8-9-10-11-17-27(33)22-41-31-21-30(29-19-13-12-15-25(29)6-2)34-32(35-31)36(23-40-4)42(38,39)28-18-14-16-26(20-28)24(3)37/h5-6,12-16,18-21,27H,1-2,7-11,17,22-23,33H2,3-4H3/t27-/m1/s1. The molecule has 1 atom stereocenters. The van der Waals surface area contributed by atoms with Gasteiger partial charge in [-0.15, -0.1) is 6.58 Å². The molecule has 224 valence electrons. The summed E-state index contributed by atoms with van der Waals surface area (Å²) in [5.41, 5.74) is 8.56. The van der Waals surface area contributed by atoms with E-state index in [1.165, 1.54) is 32.2 Å². The molecule has 0 aliphatic rings. The smallest absolute Gasteiger partial charge is 0.268 e. The van der Waals surface area contributed by atoms with Crippen molar-refractivity contribution in [1.29, 1.82) is 0 Å². The summed E-state index contributed by atoms with van der Waals surface area (Å²) < 4.78 is 39.9. The van der Waals surface area contributed by atoms with E-state index < -0.39 is 10.0 Å². The van der Waals surface area contributed by atoms with Crippen molar-refractivity contribution >= 4 is 27.8 Å². The number of anilines is 1. The molecule has 0 fully saturated rings. The van der Waals surface area contributed by atoms with Crippen molar-refractivity contribution in [2.45, 2.75) is 56.4 Å². The molecule has 42 heavy (non-hydrogen) atoms. The second kappa shape index (κ2) is 16.0. The number of rotatable bonds is 18. The molecule has 0 aliphatic heterocycles. The predicted octanol–water partition coefficient (Wildman–Crippen LogP) is 6.02. The van der Waals surface area contributed by atoms with Crippen LogP contribution in [-0.2, 0) is 14.8 Å². The van der Waals surface area contributed by atoms with Crippen LogP contribution < -0.4 is 14.8 Å². The second-order valence-electron chi connectivity index (χ2n) is 9.89. The molecular formula is C32H40N4O5S. The van der Waals surface area contributed by atoms with E-state index in [0.29, 0.717) is 5.69 Å². The summed E-state index contributed by atoms with van der Waals surface area (Å²) in [4.78, 5) is 20.9. The SMILES string of the molecule is C=CCCCCCC[C@@H](N)COc1cc(-c2ccccc2C=C)nc(N(COC)S(=O)(=O)c2cccc(C(C)=O)c2)n1. The number of hydrogen-bond acceptors (Lipinski definition) is 8. The Morgan fingerprint density at radius 1 is 1.05 bits per heavy atom. The van der Waals surface area contributed by atoms with Crippen molar-refractivity contribution < 1.29 is 22.7 Å². The van der Waals surface area contributed by atoms with Crippen molar-refractivity contribution in [3.05, 3.63) is 85.0 Å². The number of carbonyl (C=O) groups excluding carboxylic acids is 1. The Hall–Kier alpha value is -3.86. The van der Waals surface area contributed by atoms with Gasteiger partial charge in [-0.05, 0) is 43.9 Å². The Bertz CT molecular complexity index is 1480. The maximum absolute atomic E-state index is 13.8. The van der Waals surface area contributed by atoms with E-state index in [0.717, 1.165) is 54.0 Å². The van der Waals surface area contributed by atoms with Crippen LogP contribution in [0.2, 0.25) is 0 Å². The van der Waals surface area contributed by atoms with Crippen LogP contribution >= 0.6 is 0 Å². The van der Waals surface area contributed by atoms with Crippen LogP contribution in [0.4, 0.5) is 5.95 Å². The average Bonchev–Trinajstić information content (AvgIpc) is 3.00. The summed E-state index contributed by atoms with van der Waals surface area (Å²) in [5, 5.41) is 0. The van der Waals surface area contributed by atoms with Crippen molar-refractivity contribution in [1.82, 2.24) is 9.97 Å². The molecule has 0 saturated heterocycles. The molecular weight excluding hydrogens is 552 g/mol. The van der Waals surface area contributed by atoms with E-state index in [1.54, 1.807) is 18.2 Å². The number of hydrogen-bond donors (Lipinski definition) is 1. The van der Waals surface area contributed by atoms with Gasteiger partial charge < -0.3 is 15.2 Å². The van der Waals surface area contributed by atoms with Crippen LogP contribution in [0.15, 0.2) is 78.7 Å². The molecule has 1 aromatic heterocycles. The minimum absolute atomic E-state index is 0.0923. The molecule has 0 spiro atoms. The lowest BCUT2D eigenvalue weighted by Gasteiger charge is -2.23. The zero-order chi connectivity index (χ0) is 30.5. The minimum atomic E-state index is -4.23. The number of ketones is 1. The van der Waals surface area contributed by atoms with Crippen molar-refractivity contribution in [2.24, 2.45) is 5.73 Å². The number of benzene rings is 2. The molecule has 3 rings (SSSR count). The quantitative estimate of drug-likeness (QED) is 0.0823. The maximum atomic E-state index is 13.8. The molecule has 0 amide bonds. The van der Waals surface area contributed by atoms with E-state index in [4.69, 9.17) is 15.2 Å². The number of ether oxygens (including phenoxy) is 2. The number of nitrogens with zero attached hydrogens (tertiary/aromatic N) is 3. The molecule has 2 aromatic carbocycles. The molecule has 9 nitrogen and oxygen atoms in total. The molecule has 0 saturated carbocycles. The lowest BCUT2D eigenvalue weighted by atomic mass is 10.0. The Kier molecular flexibility index (Phi) is 12.4. The fourth-order valence-corrected chi connectivity index (χ4v) is 5.65. The fraction of sp³-hybridized carbons (Fsp3) is 0.344. The Labute approximate surface area is 249 Å². The second-order valence-corrected chi connectivity index (χ2v) is 11.8. The minimum Gasteiger partial charge on any atom is -0.476 e. The zero-order valence-corrected chi connectivity index (χ0v) is 25.2. The largest absolute Gasteiger partial charge is 0.476 e.